The normalized spacial score (nSPS) is 17.1. The van der Waals surface area contributed by atoms with Crippen LogP contribution in [0.4, 0.5) is 0 Å². The van der Waals surface area contributed by atoms with E-state index in [0.717, 1.165) is 34.0 Å². The van der Waals surface area contributed by atoms with Crippen LogP contribution in [-0.2, 0) is 21.4 Å². The molecule has 1 heterocycles. The number of amides is 1. The van der Waals surface area contributed by atoms with Gasteiger partial charge in [0.15, 0.2) is 0 Å². The van der Waals surface area contributed by atoms with Crippen LogP contribution in [0.2, 0.25) is 0 Å². The summed E-state index contributed by atoms with van der Waals surface area (Å²) in [4.78, 5) is 24.0. The van der Waals surface area contributed by atoms with Crippen molar-refractivity contribution in [3.63, 3.8) is 0 Å². The van der Waals surface area contributed by atoms with Gasteiger partial charge in [0.05, 0.1) is 11.0 Å². The molecule has 0 radical (unpaired) electrons. The predicted octanol–water partition coefficient (Wildman–Crippen LogP) is -0.0929. The highest BCUT2D eigenvalue weighted by atomic mass is 32.2. The van der Waals surface area contributed by atoms with Gasteiger partial charge in [0, 0.05) is 26.4 Å². The largest absolute Gasteiger partial charge is 0.336 e. The number of sulfonamides is 1. The molecule has 9 heteroatoms. The lowest BCUT2D eigenvalue weighted by molar-refractivity contribution is -0.123. The summed E-state index contributed by atoms with van der Waals surface area (Å²) < 4.78 is 26.3. The predicted molar refractivity (Wildman–Crippen MR) is 86.5 cm³/mol. The van der Waals surface area contributed by atoms with Gasteiger partial charge in [0.1, 0.15) is 12.1 Å². The third-order valence-corrected chi connectivity index (χ3v) is 5.87. The molecule has 1 amide bonds. The maximum Gasteiger partial charge on any atom is 0.251 e. The summed E-state index contributed by atoms with van der Waals surface area (Å²) in [6, 6.07) is 4.41. The number of aromatic nitrogens is 1. The average molecular weight is 352 g/mol. The molecule has 0 unspecified atom stereocenters. The molecular weight excluding hydrogens is 332 g/mol. The number of hydrogen-bond donors (Lipinski definition) is 1. The molecule has 1 aliphatic carbocycles. The topological polar surface area (TPSA) is 112 Å². The fraction of sp³-hybridized carbons (Fsp3) is 0.533. The Morgan fingerprint density at radius 1 is 1.46 bits per heavy atom. The minimum Gasteiger partial charge on any atom is -0.336 e. The molecule has 8 nitrogen and oxygen atoms in total. The van der Waals surface area contributed by atoms with Crippen LogP contribution in [0.1, 0.15) is 19.8 Å². The average Bonchev–Trinajstić information content (AvgIpc) is 3.34. The van der Waals surface area contributed by atoms with E-state index >= 15 is 0 Å². The van der Waals surface area contributed by atoms with Crippen LogP contribution in [0.5, 0.6) is 0 Å². The highest BCUT2D eigenvalue weighted by molar-refractivity contribution is 7.89. The lowest BCUT2D eigenvalue weighted by Crippen LogP contribution is -2.48. The van der Waals surface area contributed by atoms with Crippen molar-refractivity contribution in [2.45, 2.75) is 36.7 Å². The number of rotatable bonds is 6. The molecule has 1 aromatic rings. The van der Waals surface area contributed by atoms with E-state index in [1.165, 1.54) is 20.2 Å². The Labute approximate surface area is 140 Å². The fourth-order valence-corrected chi connectivity index (χ4v) is 3.28. The lowest BCUT2D eigenvalue weighted by atomic mass is 9.98. The van der Waals surface area contributed by atoms with Gasteiger partial charge < -0.3 is 9.88 Å². The number of nitriles is 1. The zero-order chi connectivity index (χ0) is 18.1. The highest BCUT2D eigenvalue weighted by Crippen LogP contribution is 2.39. The Morgan fingerprint density at radius 3 is 2.58 bits per heavy atom. The Hall–Kier alpha value is -2.18. The molecule has 1 atom stereocenters. The van der Waals surface area contributed by atoms with Gasteiger partial charge in [-0.1, -0.05) is 0 Å². The van der Waals surface area contributed by atoms with E-state index in [9.17, 15) is 23.3 Å². The van der Waals surface area contributed by atoms with Crippen molar-refractivity contribution < 1.29 is 13.2 Å². The van der Waals surface area contributed by atoms with Gasteiger partial charge in [-0.05, 0) is 31.7 Å². The number of carbonyl (C=O) groups excluding carboxylic acids is 1. The lowest BCUT2D eigenvalue weighted by Gasteiger charge is -2.23. The summed E-state index contributed by atoms with van der Waals surface area (Å²) in [5, 5.41) is 11.9. The second-order valence-electron chi connectivity index (χ2n) is 6.25. The summed E-state index contributed by atoms with van der Waals surface area (Å²) >= 11 is 0. The van der Waals surface area contributed by atoms with Gasteiger partial charge in [-0.15, -0.1) is 0 Å². The van der Waals surface area contributed by atoms with Crippen molar-refractivity contribution in [2.75, 3.05) is 14.1 Å². The zero-order valence-electron chi connectivity index (χ0n) is 13.8. The van der Waals surface area contributed by atoms with Crippen LogP contribution in [0.25, 0.3) is 0 Å². The van der Waals surface area contributed by atoms with Crippen LogP contribution in [-0.4, -0.2) is 42.8 Å². The molecule has 24 heavy (non-hydrogen) atoms. The molecule has 2 rings (SSSR count). The van der Waals surface area contributed by atoms with E-state index in [0.29, 0.717) is 0 Å². The van der Waals surface area contributed by atoms with E-state index < -0.39 is 27.0 Å². The molecule has 0 spiro atoms. The quantitative estimate of drug-likeness (QED) is 0.769. The van der Waals surface area contributed by atoms with Gasteiger partial charge in [0.2, 0.25) is 15.9 Å². The van der Waals surface area contributed by atoms with Crippen molar-refractivity contribution in [2.24, 2.45) is 5.92 Å². The van der Waals surface area contributed by atoms with E-state index in [1.807, 2.05) is 0 Å². The maximum atomic E-state index is 12.2. The fourth-order valence-electron chi connectivity index (χ4n) is 2.36. The monoisotopic (exact) mass is 352 g/mol. The van der Waals surface area contributed by atoms with Crippen molar-refractivity contribution in [3.05, 3.63) is 28.7 Å². The molecule has 0 saturated heterocycles. The van der Waals surface area contributed by atoms with Gasteiger partial charge >= 0.3 is 0 Å². The molecule has 130 valence electrons. The molecule has 1 N–H and O–H groups in total. The Morgan fingerprint density at radius 2 is 2.08 bits per heavy atom. The van der Waals surface area contributed by atoms with Crippen molar-refractivity contribution in [1.29, 1.82) is 5.26 Å². The van der Waals surface area contributed by atoms with Crippen LogP contribution in [0.15, 0.2) is 28.0 Å². The number of pyridine rings is 1. The molecule has 1 fully saturated rings. The van der Waals surface area contributed by atoms with Crippen molar-refractivity contribution in [3.8, 4) is 6.07 Å². The zero-order valence-corrected chi connectivity index (χ0v) is 14.6. The van der Waals surface area contributed by atoms with Crippen LogP contribution in [0, 0.1) is 17.2 Å². The van der Waals surface area contributed by atoms with Crippen LogP contribution >= 0.6 is 0 Å². The van der Waals surface area contributed by atoms with Crippen molar-refractivity contribution >= 4 is 15.9 Å². The van der Waals surface area contributed by atoms with E-state index in [-0.39, 0.29) is 17.4 Å². The Kier molecular flexibility index (Phi) is 4.82. The van der Waals surface area contributed by atoms with E-state index in [4.69, 9.17) is 0 Å². The Balaban J connectivity index is 2.22. The third kappa shape index (κ3) is 3.66. The molecule has 0 aliphatic heterocycles. The first-order valence-corrected chi connectivity index (χ1v) is 8.89. The molecule has 1 aromatic heterocycles. The summed E-state index contributed by atoms with van der Waals surface area (Å²) in [6.45, 7) is 1.30. The van der Waals surface area contributed by atoms with E-state index in [2.05, 4.69) is 11.4 Å². The number of hydrogen-bond acceptors (Lipinski definition) is 5. The number of nitrogens with zero attached hydrogens (tertiary/aromatic N) is 3. The van der Waals surface area contributed by atoms with Gasteiger partial charge in [0.25, 0.3) is 5.56 Å². The Bertz CT molecular complexity index is 849. The minimum absolute atomic E-state index is 0.0786. The first-order chi connectivity index (χ1) is 11.1. The molecule has 0 bridgehead atoms. The number of nitrogens with one attached hydrogen (secondary N) is 1. The summed E-state index contributed by atoms with van der Waals surface area (Å²) in [5.74, 6) is -0.393. The van der Waals surface area contributed by atoms with E-state index in [1.54, 1.807) is 6.92 Å². The van der Waals surface area contributed by atoms with Crippen LogP contribution in [0.3, 0.4) is 0 Å². The third-order valence-electron chi connectivity index (χ3n) is 4.07. The summed E-state index contributed by atoms with van der Waals surface area (Å²) in [5.41, 5.74) is -1.46. The van der Waals surface area contributed by atoms with Gasteiger partial charge in [-0.25, -0.2) is 12.7 Å². The SMILES string of the molecule is CN(C)S(=O)(=O)c1ccc(=O)n(CC(=O)N[C@@](C)(C#N)C2CC2)c1. The van der Waals surface area contributed by atoms with Gasteiger partial charge in [-0.3, -0.25) is 9.59 Å². The highest BCUT2D eigenvalue weighted by Gasteiger charge is 2.43. The molecule has 1 aliphatic rings. The summed E-state index contributed by atoms with van der Waals surface area (Å²) in [7, 11) is -0.945. The molecular formula is C15H20N4O4S. The smallest absolute Gasteiger partial charge is 0.251 e. The van der Waals surface area contributed by atoms with Crippen molar-refractivity contribution in [1.82, 2.24) is 14.2 Å². The number of carbonyl (C=O) groups is 1. The standard InChI is InChI=1S/C15H20N4O4S/c1-15(10-16,11-4-5-11)17-13(20)9-19-8-12(6-7-14(19)21)24(22,23)18(2)3/h6-8,11H,4-5,9H2,1-3H3,(H,17,20)/t15-/m0/s1. The van der Waals surface area contributed by atoms with Crippen LogP contribution < -0.4 is 10.9 Å². The molecule has 0 aromatic carbocycles. The minimum atomic E-state index is -3.71. The maximum absolute atomic E-state index is 12.2. The first-order valence-electron chi connectivity index (χ1n) is 7.45. The van der Waals surface area contributed by atoms with Gasteiger partial charge in [-0.2, -0.15) is 5.26 Å². The first kappa shape index (κ1) is 18.2. The second-order valence-corrected chi connectivity index (χ2v) is 8.41. The second kappa shape index (κ2) is 6.37. The summed E-state index contributed by atoms with van der Waals surface area (Å²) in [6.07, 6.45) is 2.89. The molecule has 1 saturated carbocycles.